The molecule has 0 aliphatic rings. The monoisotopic (exact) mass is 845 g/mol. The van der Waals surface area contributed by atoms with Gasteiger partial charge in [-0.25, -0.2) is 4.79 Å². The number of ether oxygens (including phenoxy) is 1. The summed E-state index contributed by atoms with van der Waals surface area (Å²) in [7, 11) is -4.41. The van der Waals surface area contributed by atoms with Gasteiger partial charge < -0.3 is 19.3 Å². The van der Waals surface area contributed by atoms with E-state index < -0.39 is 28.8 Å². The molecule has 0 bridgehead atoms. The second kappa shape index (κ2) is 22.5. The van der Waals surface area contributed by atoms with Crippen molar-refractivity contribution in [2.45, 2.75) is 183 Å². The molecule has 1 amide bonds. The van der Waals surface area contributed by atoms with Crippen LogP contribution in [0.4, 0.5) is 4.79 Å². The Morgan fingerprint density at radius 1 is 0.660 bits per heavy atom. The smallest absolute Gasteiger partial charge is 0.404 e. The standard InChI is InChI=1S/C42H80INO4Si2/c1-20-21-22-34(15)40(46-42(44)45)38(19)41(48-50(30(8)9,31(10)11)32(12)13)37(18)26-33(14)25-36(17)39(35(16)23-24-43)47-49(27(2)3,28(4)5)29(6)7/h20-25,27-32,34-41H,1,26H2,2-19H3,(H2,44,45)/b22-21-,24-23-,33-25-/t34-,35-,36-,37-,38+,39-,40-,41+/m0/s1. The third-order valence-electron chi connectivity index (χ3n) is 11.6. The average Bonchev–Trinajstić information content (AvgIpc) is 2.97. The van der Waals surface area contributed by atoms with Crippen molar-refractivity contribution in [2.75, 3.05) is 0 Å². The zero-order valence-corrected chi connectivity index (χ0v) is 39.7. The summed E-state index contributed by atoms with van der Waals surface area (Å²) in [6.07, 6.45) is 10.1. The fraction of sp³-hybridized carbons (Fsp3) is 0.786. The van der Waals surface area contributed by atoms with E-state index in [0.717, 1.165) is 6.42 Å². The number of hydrogen-bond donors (Lipinski definition) is 1. The van der Waals surface area contributed by atoms with Gasteiger partial charge >= 0.3 is 6.09 Å². The van der Waals surface area contributed by atoms with Crippen LogP contribution in [0.25, 0.3) is 0 Å². The van der Waals surface area contributed by atoms with Gasteiger partial charge in [-0.3, -0.25) is 0 Å². The Labute approximate surface area is 326 Å². The van der Waals surface area contributed by atoms with Crippen LogP contribution in [0.3, 0.4) is 0 Å². The molecule has 0 unspecified atom stereocenters. The highest BCUT2D eigenvalue weighted by atomic mass is 127. The Kier molecular flexibility index (Phi) is 22.2. The summed E-state index contributed by atoms with van der Waals surface area (Å²) < 4.78 is 23.2. The van der Waals surface area contributed by atoms with Crippen molar-refractivity contribution in [3.05, 3.63) is 46.6 Å². The van der Waals surface area contributed by atoms with Crippen molar-refractivity contribution in [2.24, 2.45) is 35.3 Å². The van der Waals surface area contributed by atoms with Crippen molar-refractivity contribution < 1.29 is 18.4 Å². The van der Waals surface area contributed by atoms with Crippen LogP contribution in [-0.4, -0.2) is 41.0 Å². The van der Waals surface area contributed by atoms with Crippen molar-refractivity contribution >= 4 is 45.3 Å². The molecule has 0 aliphatic carbocycles. The predicted molar refractivity (Wildman–Crippen MR) is 233 cm³/mol. The minimum Gasteiger partial charge on any atom is -0.445 e. The topological polar surface area (TPSA) is 70.8 Å². The number of amides is 1. The van der Waals surface area contributed by atoms with Gasteiger partial charge in [0.05, 0.1) is 12.2 Å². The van der Waals surface area contributed by atoms with E-state index in [1.807, 2.05) is 12.2 Å². The molecule has 8 atom stereocenters. The van der Waals surface area contributed by atoms with Crippen LogP contribution >= 0.6 is 22.6 Å². The second-order valence-corrected chi connectivity index (χ2v) is 28.8. The third kappa shape index (κ3) is 13.0. The van der Waals surface area contributed by atoms with Crippen molar-refractivity contribution in [1.82, 2.24) is 0 Å². The number of allylic oxidation sites excluding steroid dienone is 3. The van der Waals surface area contributed by atoms with E-state index >= 15 is 0 Å². The first kappa shape index (κ1) is 49.3. The fourth-order valence-electron chi connectivity index (χ4n) is 9.56. The van der Waals surface area contributed by atoms with Gasteiger partial charge in [0, 0.05) is 17.8 Å². The van der Waals surface area contributed by atoms with Crippen LogP contribution < -0.4 is 5.73 Å². The number of nitrogens with two attached hydrogens (primary N) is 1. The van der Waals surface area contributed by atoms with Crippen molar-refractivity contribution in [1.29, 1.82) is 0 Å². The zero-order chi connectivity index (χ0) is 39.3. The summed E-state index contributed by atoms with van der Waals surface area (Å²) in [4.78, 5) is 12.3. The van der Waals surface area contributed by atoms with Gasteiger partial charge in [-0.05, 0) is 62.5 Å². The van der Waals surface area contributed by atoms with Gasteiger partial charge in [0.2, 0.25) is 16.6 Å². The molecule has 0 aromatic carbocycles. The third-order valence-corrected chi connectivity index (χ3v) is 24.2. The molecule has 0 radical (unpaired) electrons. The van der Waals surface area contributed by atoms with Crippen molar-refractivity contribution in [3.63, 3.8) is 0 Å². The predicted octanol–water partition coefficient (Wildman–Crippen LogP) is 13.8. The zero-order valence-electron chi connectivity index (χ0n) is 35.5. The molecule has 0 fully saturated rings. The Morgan fingerprint density at radius 2 is 1.06 bits per heavy atom. The van der Waals surface area contributed by atoms with Crippen LogP contribution in [-0.2, 0) is 13.6 Å². The molecule has 2 N–H and O–H groups in total. The second-order valence-electron chi connectivity index (χ2n) is 17.3. The van der Waals surface area contributed by atoms with Crippen LogP contribution in [0, 0.1) is 29.6 Å². The van der Waals surface area contributed by atoms with E-state index in [0.29, 0.717) is 33.2 Å². The summed E-state index contributed by atoms with van der Waals surface area (Å²) in [6, 6.07) is 0. The largest absolute Gasteiger partial charge is 0.445 e. The summed E-state index contributed by atoms with van der Waals surface area (Å²) >= 11 is 2.34. The van der Waals surface area contributed by atoms with Crippen molar-refractivity contribution in [3.8, 4) is 0 Å². The molecule has 0 saturated carbocycles. The van der Waals surface area contributed by atoms with Gasteiger partial charge in [-0.15, -0.1) is 0 Å². The highest BCUT2D eigenvalue weighted by Crippen LogP contribution is 2.47. The maximum Gasteiger partial charge on any atom is 0.404 e. The molecule has 5 nitrogen and oxygen atoms in total. The van der Waals surface area contributed by atoms with E-state index in [2.05, 4.69) is 170 Å². The Bertz CT molecular complexity index is 1060. The molecule has 0 heterocycles. The molecule has 0 aromatic rings. The summed E-state index contributed by atoms with van der Waals surface area (Å²) in [5.74, 6) is 0.545. The van der Waals surface area contributed by atoms with E-state index in [-0.39, 0.29) is 41.8 Å². The van der Waals surface area contributed by atoms with Gasteiger partial charge in [0.15, 0.2) is 0 Å². The molecule has 50 heavy (non-hydrogen) atoms. The maximum atomic E-state index is 12.3. The lowest BCUT2D eigenvalue weighted by molar-refractivity contribution is -0.0222. The molecule has 0 spiro atoms. The highest BCUT2D eigenvalue weighted by molar-refractivity contribution is 14.1. The van der Waals surface area contributed by atoms with E-state index in [1.54, 1.807) is 6.08 Å². The summed E-state index contributed by atoms with van der Waals surface area (Å²) in [5, 5.41) is 0. The van der Waals surface area contributed by atoms with Gasteiger partial charge in [-0.1, -0.05) is 183 Å². The first-order chi connectivity index (χ1) is 23.0. The number of carbonyl (C=O) groups is 1. The molecule has 0 saturated heterocycles. The van der Waals surface area contributed by atoms with Gasteiger partial charge in [0.25, 0.3) is 0 Å². The molecule has 0 aliphatic heterocycles. The number of primary amides is 1. The SMILES string of the molecule is C=C/C=C\[C@H](C)[C@H](OC(N)=O)[C@@H](C)[C@H](O[Si](C(C)C)(C(C)C)C(C)C)[C@@H](C)C/C(C)=C\[C@H](C)[C@@H](O[Si](C(C)C)(C(C)C)C(C)C)[C@@H](C)/C=C\I. The minimum absolute atomic E-state index is 0.0589. The molecular weight excluding hydrogens is 766 g/mol. The van der Waals surface area contributed by atoms with Crippen LogP contribution in [0.2, 0.25) is 33.2 Å². The lowest BCUT2D eigenvalue weighted by Crippen LogP contribution is -2.54. The van der Waals surface area contributed by atoms with E-state index in [1.165, 1.54) is 5.57 Å². The number of hydrogen-bond acceptors (Lipinski definition) is 4. The molecule has 8 heteroatoms. The van der Waals surface area contributed by atoms with E-state index in [9.17, 15) is 4.79 Å². The Hall–Kier alpha value is -0.686. The lowest BCUT2D eigenvalue weighted by atomic mass is 9.81. The molecular formula is C42H80INO4Si2. The van der Waals surface area contributed by atoms with Gasteiger partial charge in [-0.2, -0.15) is 0 Å². The summed E-state index contributed by atoms with van der Waals surface area (Å²) in [5.41, 5.74) is 9.86. The molecule has 0 rings (SSSR count). The molecule has 0 aromatic heterocycles. The van der Waals surface area contributed by atoms with Crippen LogP contribution in [0.15, 0.2) is 46.6 Å². The first-order valence-electron chi connectivity index (χ1n) is 19.5. The summed E-state index contributed by atoms with van der Waals surface area (Å²) in [6.45, 7) is 45.6. The average molecular weight is 846 g/mol. The van der Waals surface area contributed by atoms with Gasteiger partial charge in [0.1, 0.15) is 6.10 Å². The number of halogens is 1. The number of rotatable bonds is 23. The maximum absolute atomic E-state index is 12.3. The van der Waals surface area contributed by atoms with E-state index in [4.69, 9.17) is 19.3 Å². The lowest BCUT2D eigenvalue weighted by Gasteiger charge is -2.48. The highest BCUT2D eigenvalue weighted by Gasteiger charge is 2.50. The Balaban J connectivity index is 7.11. The quantitative estimate of drug-likeness (QED) is 0.0481. The normalized spacial score (nSPS) is 18.8. The van der Waals surface area contributed by atoms with Crippen LogP contribution in [0.1, 0.15) is 131 Å². The first-order valence-corrected chi connectivity index (χ1v) is 25.1. The number of carbonyl (C=O) groups excluding carboxylic acids is 1. The van der Waals surface area contributed by atoms with Crippen LogP contribution in [0.5, 0.6) is 0 Å². The Morgan fingerprint density at radius 3 is 1.42 bits per heavy atom. The fourth-order valence-corrected chi connectivity index (χ4v) is 21.7. The molecule has 292 valence electrons. The minimum atomic E-state index is -2.30.